The van der Waals surface area contributed by atoms with Gasteiger partial charge in [-0.15, -0.1) is 0 Å². The van der Waals surface area contributed by atoms with Crippen molar-refractivity contribution in [1.82, 2.24) is 0 Å². The second-order valence-electron chi connectivity index (χ2n) is 7.62. The normalized spacial score (nSPS) is 38.6. The molecule has 0 saturated heterocycles. The minimum absolute atomic E-state index is 0.0535. The van der Waals surface area contributed by atoms with E-state index in [1.54, 1.807) is 0 Å². The summed E-state index contributed by atoms with van der Waals surface area (Å²) in [6, 6.07) is 0. The fraction of sp³-hybridized carbons (Fsp3) is 1.00. The summed E-state index contributed by atoms with van der Waals surface area (Å²) in [5.74, 6) is 0.749. The molecule has 0 radical (unpaired) electrons. The third kappa shape index (κ3) is 2.70. The van der Waals surface area contributed by atoms with Gasteiger partial charge in [0.25, 0.3) is 0 Å². The Hall–Kier alpha value is -0.0400. The molecule has 2 N–H and O–H groups in total. The van der Waals surface area contributed by atoms with Gasteiger partial charge in [-0.2, -0.15) is 0 Å². The predicted molar refractivity (Wildman–Crippen MR) is 77.0 cm³/mol. The Morgan fingerprint density at radius 3 is 2.00 bits per heavy atom. The van der Waals surface area contributed by atoms with Crippen molar-refractivity contribution in [2.45, 2.75) is 85.6 Å². The second kappa shape index (κ2) is 4.91. The number of rotatable bonds is 0. The molecule has 1 rings (SSSR count). The van der Waals surface area contributed by atoms with Gasteiger partial charge in [-0.05, 0) is 30.1 Å². The Morgan fingerprint density at radius 2 is 1.41 bits per heavy atom. The van der Waals surface area contributed by atoms with Gasteiger partial charge < -0.3 is 5.73 Å². The lowest BCUT2D eigenvalue weighted by Crippen LogP contribution is -2.58. The van der Waals surface area contributed by atoms with E-state index in [1.807, 2.05) is 0 Å². The van der Waals surface area contributed by atoms with Crippen molar-refractivity contribution in [2.75, 3.05) is 0 Å². The highest BCUT2D eigenvalue weighted by Crippen LogP contribution is 2.53. The van der Waals surface area contributed by atoms with Crippen LogP contribution in [0.2, 0.25) is 0 Å². The third-order valence-corrected chi connectivity index (χ3v) is 6.35. The molecule has 0 bridgehead atoms. The molecule has 1 aliphatic rings. The van der Waals surface area contributed by atoms with E-state index in [0.29, 0.717) is 5.41 Å². The van der Waals surface area contributed by atoms with E-state index in [2.05, 4.69) is 41.5 Å². The summed E-state index contributed by atoms with van der Waals surface area (Å²) in [6.07, 6.45) is 7.94. The lowest BCUT2D eigenvalue weighted by Gasteiger charge is -2.55. The van der Waals surface area contributed by atoms with Gasteiger partial charge in [-0.25, -0.2) is 0 Å². The first-order chi connectivity index (χ1) is 7.63. The largest absolute Gasteiger partial charge is 0.325 e. The molecule has 102 valence electrons. The molecule has 1 aliphatic carbocycles. The highest BCUT2D eigenvalue weighted by Gasteiger charge is 2.50. The quantitative estimate of drug-likeness (QED) is 0.649. The van der Waals surface area contributed by atoms with Crippen molar-refractivity contribution in [3.8, 4) is 0 Å². The van der Waals surface area contributed by atoms with Gasteiger partial charge >= 0.3 is 0 Å². The molecule has 0 aromatic heterocycles. The van der Waals surface area contributed by atoms with Gasteiger partial charge in [0.2, 0.25) is 0 Å². The molecule has 0 spiro atoms. The molecular formula is C16H33N. The minimum atomic E-state index is -0.0535. The maximum absolute atomic E-state index is 6.68. The molecule has 0 aromatic rings. The fourth-order valence-electron chi connectivity index (χ4n) is 3.32. The summed E-state index contributed by atoms with van der Waals surface area (Å²) < 4.78 is 0. The molecule has 0 aliphatic heterocycles. The van der Waals surface area contributed by atoms with Crippen LogP contribution in [-0.2, 0) is 0 Å². The van der Waals surface area contributed by atoms with Gasteiger partial charge in [0, 0.05) is 5.54 Å². The zero-order valence-corrected chi connectivity index (χ0v) is 12.9. The van der Waals surface area contributed by atoms with Crippen LogP contribution >= 0.6 is 0 Å². The van der Waals surface area contributed by atoms with Crippen LogP contribution in [0.1, 0.15) is 80.1 Å². The molecule has 2 atom stereocenters. The minimum Gasteiger partial charge on any atom is -0.325 e. The topological polar surface area (TPSA) is 26.0 Å². The second-order valence-corrected chi connectivity index (χ2v) is 7.62. The summed E-state index contributed by atoms with van der Waals surface area (Å²) in [5, 5.41) is 0. The predicted octanol–water partition coefficient (Wildman–Crippen LogP) is 4.75. The van der Waals surface area contributed by atoms with E-state index in [9.17, 15) is 0 Å². The molecule has 1 heteroatoms. The summed E-state index contributed by atoms with van der Waals surface area (Å²) in [7, 11) is 0. The first-order valence-electron chi connectivity index (χ1n) is 7.42. The van der Waals surface area contributed by atoms with Gasteiger partial charge in [0.15, 0.2) is 0 Å². The number of hydrogen-bond donors (Lipinski definition) is 1. The van der Waals surface area contributed by atoms with Gasteiger partial charge in [-0.3, -0.25) is 0 Å². The summed E-state index contributed by atoms with van der Waals surface area (Å²) >= 11 is 0. The van der Waals surface area contributed by atoms with Crippen molar-refractivity contribution in [1.29, 1.82) is 0 Å². The first kappa shape index (κ1) is 15.0. The standard InChI is InChI=1S/C16H33N/c1-13-11-9-7-8-10-12-16(6,17)15(4,5)14(13,2)3/h13H,7-12,17H2,1-6H3. The van der Waals surface area contributed by atoms with Gasteiger partial charge in [0.05, 0.1) is 0 Å². The van der Waals surface area contributed by atoms with Gasteiger partial charge in [-0.1, -0.05) is 66.7 Å². The Balaban J connectivity index is 3.04. The summed E-state index contributed by atoms with van der Waals surface area (Å²) in [4.78, 5) is 0. The van der Waals surface area contributed by atoms with Crippen molar-refractivity contribution in [2.24, 2.45) is 22.5 Å². The number of nitrogens with two attached hydrogens (primary N) is 1. The van der Waals surface area contributed by atoms with Crippen LogP contribution in [0.15, 0.2) is 0 Å². The van der Waals surface area contributed by atoms with E-state index >= 15 is 0 Å². The maximum atomic E-state index is 6.68. The first-order valence-corrected chi connectivity index (χ1v) is 7.42. The average Bonchev–Trinajstić information content (AvgIpc) is 2.20. The molecule has 1 saturated carbocycles. The van der Waals surface area contributed by atoms with Crippen LogP contribution in [0.25, 0.3) is 0 Å². The summed E-state index contributed by atoms with van der Waals surface area (Å²) in [6.45, 7) is 14.3. The lowest BCUT2D eigenvalue weighted by molar-refractivity contribution is -0.0262. The van der Waals surface area contributed by atoms with Crippen molar-refractivity contribution in [3.63, 3.8) is 0 Å². The highest BCUT2D eigenvalue weighted by atomic mass is 14.8. The van der Waals surface area contributed by atoms with E-state index in [4.69, 9.17) is 5.73 Å². The van der Waals surface area contributed by atoms with E-state index in [1.165, 1.54) is 32.1 Å². The Labute approximate surface area is 109 Å². The molecule has 0 heterocycles. The van der Waals surface area contributed by atoms with Crippen LogP contribution in [0, 0.1) is 16.7 Å². The van der Waals surface area contributed by atoms with E-state index in [0.717, 1.165) is 12.3 Å². The Bertz CT molecular complexity index is 250. The van der Waals surface area contributed by atoms with E-state index in [-0.39, 0.29) is 11.0 Å². The molecule has 1 nitrogen and oxygen atoms in total. The van der Waals surface area contributed by atoms with Gasteiger partial charge in [0.1, 0.15) is 0 Å². The van der Waals surface area contributed by atoms with Crippen molar-refractivity contribution < 1.29 is 0 Å². The Morgan fingerprint density at radius 1 is 0.882 bits per heavy atom. The van der Waals surface area contributed by atoms with Crippen molar-refractivity contribution in [3.05, 3.63) is 0 Å². The lowest BCUT2D eigenvalue weighted by atomic mass is 9.52. The SMILES string of the molecule is CC1CCCCCCC(C)(N)C(C)(C)C1(C)C. The molecule has 2 unspecified atom stereocenters. The van der Waals surface area contributed by atoms with Crippen LogP contribution < -0.4 is 5.73 Å². The molecule has 1 fully saturated rings. The van der Waals surface area contributed by atoms with Crippen LogP contribution in [0.5, 0.6) is 0 Å². The van der Waals surface area contributed by atoms with Crippen LogP contribution in [0.3, 0.4) is 0 Å². The fourth-order valence-corrected chi connectivity index (χ4v) is 3.32. The molecule has 17 heavy (non-hydrogen) atoms. The van der Waals surface area contributed by atoms with E-state index < -0.39 is 0 Å². The van der Waals surface area contributed by atoms with Crippen LogP contribution in [-0.4, -0.2) is 5.54 Å². The molecular weight excluding hydrogens is 206 g/mol. The Kier molecular flexibility index (Phi) is 4.34. The molecule has 0 amide bonds. The number of hydrogen-bond acceptors (Lipinski definition) is 1. The molecule has 0 aromatic carbocycles. The smallest absolute Gasteiger partial charge is 0.0182 e. The van der Waals surface area contributed by atoms with Crippen molar-refractivity contribution >= 4 is 0 Å². The monoisotopic (exact) mass is 239 g/mol. The average molecular weight is 239 g/mol. The zero-order chi connectivity index (χ0) is 13.3. The summed E-state index contributed by atoms with van der Waals surface area (Å²) in [5.41, 5.74) is 7.11. The van der Waals surface area contributed by atoms with Crippen LogP contribution in [0.4, 0.5) is 0 Å². The highest BCUT2D eigenvalue weighted by molar-refractivity contribution is 5.03. The zero-order valence-electron chi connectivity index (χ0n) is 12.9. The maximum Gasteiger partial charge on any atom is 0.0182 e. The third-order valence-electron chi connectivity index (χ3n) is 6.35.